The Morgan fingerprint density at radius 1 is 1.15 bits per heavy atom. The number of benzene rings is 1. The fourth-order valence-electron chi connectivity index (χ4n) is 4.52. The van der Waals surface area contributed by atoms with Crippen molar-refractivity contribution in [2.24, 2.45) is 0 Å². The molecule has 0 saturated carbocycles. The maximum Gasteiger partial charge on any atom is 0.247 e. The Morgan fingerprint density at radius 2 is 1.90 bits per heavy atom. The molecule has 212 valence electrons. The molecule has 0 unspecified atom stereocenters. The lowest BCUT2D eigenvalue weighted by atomic mass is 10.1. The molecule has 5 rings (SSSR count). The van der Waals surface area contributed by atoms with Gasteiger partial charge in [-0.3, -0.25) is 4.79 Å². The maximum atomic E-state index is 15.1. The molecule has 0 radical (unpaired) electrons. The summed E-state index contributed by atoms with van der Waals surface area (Å²) >= 11 is 0. The molecule has 0 bridgehead atoms. The normalized spacial score (nSPS) is 13.3. The summed E-state index contributed by atoms with van der Waals surface area (Å²) in [5, 5.41) is 10.7. The predicted molar refractivity (Wildman–Crippen MR) is 156 cm³/mol. The zero-order valence-corrected chi connectivity index (χ0v) is 23.3. The molecule has 0 atom stereocenters. The van der Waals surface area contributed by atoms with Gasteiger partial charge in [-0.1, -0.05) is 36.9 Å². The van der Waals surface area contributed by atoms with Gasteiger partial charge in [-0.05, 0) is 33.2 Å². The first-order valence-corrected chi connectivity index (χ1v) is 13.2. The molecule has 11 nitrogen and oxygen atoms in total. The quantitative estimate of drug-likeness (QED) is 0.296. The van der Waals surface area contributed by atoms with Gasteiger partial charge in [0.25, 0.3) is 0 Å². The molecule has 41 heavy (non-hydrogen) atoms. The van der Waals surface area contributed by atoms with E-state index in [4.69, 9.17) is 14.8 Å². The molecular weight excluding hydrogens is 525 g/mol. The zero-order valence-electron chi connectivity index (χ0n) is 23.3. The lowest BCUT2D eigenvalue weighted by Crippen LogP contribution is -2.37. The average Bonchev–Trinajstić information content (AvgIpc) is 3.39. The van der Waals surface area contributed by atoms with Gasteiger partial charge in [-0.2, -0.15) is 10.1 Å². The number of pyridine rings is 1. The molecule has 3 aromatic heterocycles. The fourth-order valence-corrected chi connectivity index (χ4v) is 4.52. The first-order chi connectivity index (χ1) is 19.8. The Kier molecular flexibility index (Phi) is 8.31. The molecule has 1 aliphatic heterocycles. The Morgan fingerprint density at radius 3 is 2.61 bits per heavy atom. The summed E-state index contributed by atoms with van der Waals surface area (Å²) in [7, 11) is 3.93. The number of hydrogen-bond donors (Lipinski definition) is 2. The molecular formula is C29H32FN9O2. The van der Waals surface area contributed by atoms with Crippen LogP contribution in [0.4, 0.5) is 27.5 Å². The summed E-state index contributed by atoms with van der Waals surface area (Å²) in [5.74, 6) is -0.202. The second kappa shape index (κ2) is 12.2. The van der Waals surface area contributed by atoms with E-state index in [-0.39, 0.29) is 17.7 Å². The van der Waals surface area contributed by atoms with Gasteiger partial charge >= 0.3 is 0 Å². The number of carbonyl (C=O) groups is 1. The molecule has 1 saturated heterocycles. The van der Waals surface area contributed by atoms with E-state index in [1.54, 1.807) is 12.3 Å². The molecule has 4 heterocycles. The number of halogens is 1. The summed E-state index contributed by atoms with van der Waals surface area (Å²) in [6.07, 6.45) is 4.08. The van der Waals surface area contributed by atoms with Crippen molar-refractivity contribution in [3.63, 3.8) is 0 Å². The highest BCUT2D eigenvalue weighted by Crippen LogP contribution is 2.31. The molecule has 12 heteroatoms. The standard InChI is InChI=1S/C29H32FN9O2/c1-5-25(40)33-24-15-23(19(2)32-28(24)38-11-13-41-14-12-38)34-29-31-16-22(30)27(35-29)39-18-21(17-37(3)4)26(36-39)20-9-7-6-8-10-20/h5-10,15-16,18H,1,11-14,17H2,2-4H3,(H,33,40)(H,31,34,35). The molecule has 4 aromatic rings. The van der Waals surface area contributed by atoms with Crippen molar-refractivity contribution in [3.8, 4) is 17.1 Å². The number of aromatic nitrogens is 5. The van der Waals surface area contributed by atoms with Crippen LogP contribution in [0.1, 0.15) is 11.3 Å². The number of ether oxygens (including phenoxy) is 1. The van der Waals surface area contributed by atoms with Crippen LogP contribution in [-0.2, 0) is 16.1 Å². The highest BCUT2D eigenvalue weighted by molar-refractivity contribution is 6.01. The van der Waals surface area contributed by atoms with Crippen LogP contribution in [0.2, 0.25) is 0 Å². The number of anilines is 4. The highest BCUT2D eigenvalue weighted by atomic mass is 19.1. The number of hydrogen-bond acceptors (Lipinski definition) is 9. The Labute approximate surface area is 237 Å². The maximum absolute atomic E-state index is 15.1. The number of amides is 1. The van der Waals surface area contributed by atoms with Crippen LogP contribution in [0.25, 0.3) is 17.1 Å². The van der Waals surface area contributed by atoms with E-state index >= 15 is 4.39 Å². The van der Waals surface area contributed by atoms with Crippen molar-refractivity contribution >= 4 is 29.0 Å². The van der Waals surface area contributed by atoms with Crippen LogP contribution in [0, 0.1) is 12.7 Å². The third-order valence-corrected chi connectivity index (χ3v) is 6.46. The van der Waals surface area contributed by atoms with Crippen molar-refractivity contribution in [1.82, 2.24) is 29.6 Å². The minimum absolute atomic E-state index is 0.000389. The van der Waals surface area contributed by atoms with Gasteiger partial charge in [0.15, 0.2) is 17.5 Å². The van der Waals surface area contributed by atoms with Crippen molar-refractivity contribution in [1.29, 1.82) is 0 Å². The van der Waals surface area contributed by atoms with Crippen molar-refractivity contribution in [2.45, 2.75) is 13.5 Å². The number of nitrogens with one attached hydrogen (secondary N) is 2. The van der Waals surface area contributed by atoms with Crippen molar-refractivity contribution in [2.75, 3.05) is 55.9 Å². The van der Waals surface area contributed by atoms with Crippen LogP contribution >= 0.6 is 0 Å². The van der Waals surface area contributed by atoms with Gasteiger partial charge in [0.1, 0.15) is 0 Å². The number of carbonyl (C=O) groups excluding carboxylic acids is 1. The van der Waals surface area contributed by atoms with Gasteiger partial charge in [-0.15, -0.1) is 0 Å². The van der Waals surface area contributed by atoms with Crippen molar-refractivity contribution < 1.29 is 13.9 Å². The fraction of sp³-hybridized carbons (Fsp3) is 0.276. The lowest BCUT2D eigenvalue weighted by molar-refractivity contribution is -0.111. The molecule has 1 aliphatic rings. The summed E-state index contributed by atoms with van der Waals surface area (Å²) in [6.45, 7) is 8.42. The van der Waals surface area contributed by atoms with E-state index in [0.29, 0.717) is 55.7 Å². The third kappa shape index (κ3) is 6.39. The summed E-state index contributed by atoms with van der Waals surface area (Å²) in [4.78, 5) is 29.7. The van der Waals surface area contributed by atoms with Crippen LogP contribution in [0.5, 0.6) is 0 Å². The smallest absolute Gasteiger partial charge is 0.247 e. The molecule has 1 amide bonds. The molecule has 0 aliphatic carbocycles. The Bertz CT molecular complexity index is 1550. The van der Waals surface area contributed by atoms with Crippen LogP contribution < -0.4 is 15.5 Å². The Balaban J connectivity index is 1.50. The highest BCUT2D eigenvalue weighted by Gasteiger charge is 2.21. The minimum Gasteiger partial charge on any atom is -0.378 e. The number of aryl methyl sites for hydroxylation is 1. The average molecular weight is 558 g/mol. The van der Waals surface area contributed by atoms with E-state index in [9.17, 15) is 4.79 Å². The van der Waals surface area contributed by atoms with Crippen molar-refractivity contribution in [3.05, 3.63) is 78.5 Å². The first kappa shape index (κ1) is 27.9. The summed E-state index contributed by atoms with van der Waals surface area (Å²) in [6, 6.07) is 11.5. The largest absolute Gasteiger partial charge is 0.378 e. The van der Waals surface area contributed by atoms with Gasteiger partial charge in [0, 0.05) is 37.0 Å². The van der Waals surface area contributed by atoms with Gasteiger partial charge in [0.2, 0.25) is 11.9 Å². The minimum atomic E-state index is -0.620. The van der Waals surface area contributed by atoms with Crippen LogP contribution in [-0.4, -0.2) is 75.9 Å². The van der Waals surface area contributed by atoms with Crippen LogP contribution in [0.15, 0.2) is 61.4 Å². The van der Waals surface area contributed by atoms with E-state index in [1.807, 2.05) is 56.3 Å². The number of nitrogens with zero attached hydrogens (tertiary/aromatic N) is 7. The van der Waals surface area contributed by atoms with E-state index < -0.39 is 5.82 Å². The van der Waals surface area contributed by atoms with Gasteiger partial charge in [0.05, 0.1) is 42.2 Å². The van der Waals surface area contributed by atoms with E-state index in [1.165, 1.54) is 10.8 Å². The monoisotopic (exact) mass is 557 g/mol. The second-order valence-corrected chi connectivity index (χ2v) is 9.83. The first-order valence-electron chi connectivity index (χ1n) is 13.2. The van der Waals surface area contributed by atoms with E-state index in [2.05, 4.69) is 32.1 Å². The molecule has 1 aromatic carbocycles. The number of rotatable bonds is 9. The molecule has 1 fully saturated rings. The number of morpholine rings is 1. The molecule has 2 N–H and O–H groups in total. The zero-order chi connectivity index (χ0) is 28.9. The van der Waals surface area contributed by atoms with Crippen LogP contribution in [0.3, 0.4) is 0 Å². The predicted octanol–water partition coefficient (Wildman–Crippen LogP) is 3.94. The lowest BCUT2D eigenvalue weighted by Gasteiger charge is -2.30. The molecule has 0 spiro atoms. The van der Waals surface area contributed by atoms with Gasteiger partial charge in [-0.25, -0.2) is 19.0 Å². The summed E-state index contributed by atoms with van der Waals surface area (Å²) < 4.78 is 22.0. The second-order valence-electron chi connectivity index (χ2n) is 9.83. The topological polar surface area (TPSA) is 113 Å². The third-order valence-electron chi connectivity index (χ3n) is 6.46. The van der Waals surface area contributed by atoms with Gasteiger partial charge < -0.3 is 25.2 Å². The summed E-state index contributed by atoms with van der Waals surface area (Å²) in [5.41, 5.74) is 4.30. The Hall–Kier alpha value is -4.68. The van der Waals surface area contributed by atoms with E-state index in [0.717, 1.165) is 23.0 Å². The SMILES string of the molecule is C=CC(=O)Nc1cc(Nc2ncc(F)c(-n3cc(CN(C)C)c(-c4ccccc4)n3)n2)c(C)nc1N1CCOCC1.